The Morgan fingerprint density at radius 2 is 1.60 bits per heavy atom. The monoisotopic (exact) mass is 128 g/mol. The number of hydrogen-bond acceptors (Lipinski definition) is 0. The molecule has 0 aromatic carbocycles. The summed E-state index contributed by atoms with van der Waals surface area (Å²) >= 11 is 0. The molecule has 2 rings (SSSR count). The fraction of sp³-hybridized carbons (Fsp3) is 0. The minimum atomic E-state index is 1.29. The van der Waals surface area contributed by atoms with Crippen LogP contribution in [0.4, 0.5) is 0 Å². The lowest BCUT2D eigenvalue weighted by molar-refractivity contribution is 1.56. The second-order valence-electron chi connectivity index (χ2n) is 2.39. The number of hydrogen-bond donors (Lipinski definition) is 0. The lowest BCUT2D eigenvalue weighted by atomic mass is 10.1. The van der Waals surface area contributed by atoms with Crippen LogP contribution < -0.4 is 0 Å². The van der Waals surface area contributed by atoms with Crippen LogP contribution in [-0.2, 0) is 0 Å². The fourth-order valence-corrected chi connectivity index (χ4v) is 0.981. The summed E-state index contributed by atoms with van der Waals surface area (Å²) < 4.78 is 0. The van der Waals surface area contributed by atoms with Gasteiger partial charge in [-0.05, 0) is 17.2 Å². The van der Waals surface area contributed by atoms with Crippen LogP contribution in [0.5, 0.6) is 0 Å². The molecule has 0 unspecified atom stereocenters. The van der Waals surface area contributed by atoms with E-state index in [1.807, 2.05) is 0 Å². The molecule has 10 heavy (non-hydrogen) atoms. The predicted octanol–water partition coefficient (Wildman–Crippen LogP) is 2.54. The SMILES string of the molecule is C1=CC(C=C2C=CC=C2)=C1. The molecule has 0 saturated carbocycles. The highest BCUT2D eigenvalue weighted by atomic mass is 14.0. The van der Waals surface area contributed by atoms with E-state index in [1.165, 1.54) is 11.1 Å². The van der Waals surface area contributed by atoms with Crippen molar-refractivity contribution in [3.8, 4) is 0 Å². The molecule has 0 atom stereocenters. The Bertz CT molecular complexity index is 269. The minimum Gasteiger partial charge on any atom is -0.0617 e. The van der Waals surface area contributed by atoms with Crippen molar-refractivity contribution in [3.63, 3.8) is 0 Å². The van der Waals surface area contributed by atoms with Gasteiger partial charge < -0.3 is 0 Å². The molecule has 0 spiro atoms. The Labute approximate surface area is 60.6 Å². The van der Waals surface area contributed by atoms with Crippen LogP contribution in [0, 0.1) is 0 Å². The van der Waals surface area contributed by atoms with Gasteiger partial charge in [0.25, 0.3) is 0 Å². The molecule has 0 heteroatoms. The van der Waals surface area contributed by atoms with Crippen LogP contribution in [-0.4, -0.2) is 0 Å². The molecule has 2 aliphatic rings. The van der Waals surface area contributed by atoms with Crippen LogP contribution in [0.1, 0.15) is 0 Å². The van der Waals surface area contributed by atoms with Crippen LogP contribution in [0.15, 0.2) is 59.8 Å². The smallest absolute Gasteiger partial charge is 0.0251 e. The normalized spacial score (nSPS) is 19.2. The maximum Gasteiger partial charge on any atom is -0.0251 e. The van der Waals surface area contributed by atoms with Gasteiger partial charge in [0.2, 0.25) is 0 Å². The Morgan fingerprint density at radius 3 is 2.10 bits per heavy atom. The van der Waals surface area contributed by atoms with Gasteiger partial charge in [-0.25, -0.2) is 0 Å². The van der Waals surface area contributed by atoms with E-state index in [9.17, 15) is 0 Å². The van der Waals surface area contributed by atoms with E-state index in [-0.39, 0.29) is 0 Å². The van der Waals surface area contributed by atoms with E-state index in [2.05, 4.69) is 48.6 Å². The Hall–Kier alpha value is -1.30. The lowest BCUT2D eigenvalue weighted by Gasteiger charge is -1.99. The third kappa shape index (κ3) is 0.883. The summed E-state index contributed by atoms with van der Waals surface area (Å²) in [6, 6.07) is 0. The first-order valence-electron chi connectivity index (χ1n) is 3.40. The standard InChI is InChI=1S/C10H8/c1-2-5-9(4-1)8-10-6-3-7-10/h1-8H. The largest absolute Gasteiger partial charge is 0.0617 e. The molecule has 0 amide bonds. The summed E-state index contributed by atoms with van der Waals surface area (Å²) in [5, 5.41) is 0. The summed E-state index contributed by atoms with van der Waals surface area (Å²) in [4.78, 5) is 0. The summed E-state index contributed by atoms with van der Waals surface area (Å²) in [6.07, 6.45) is 16.7. The number of rotatable bonds is 1. The van der Waals surface area contributed by atoms with Crippen molar-refractivity contribution >= 4 is 0 Å². The van der Waals surface area contributed by atoms with Crippen LogP contribution in [0.25, 0.3) is 0 Å². The van der Waals surface area contributed by atoms with Crippen molar-refractivity contribution in [3.05, 3.63) is 59.8 Å². The zero-order valence-corrected chi connectivity index (χ0v) is 5.62. The third-order valence-electron chi connectivity index (χ3n) is 1.60. The van der Waals surface area contributed by atoms with Crippen molar-refractivity contribution in [2.75, 3.05) is 0 Å². The predicted molar refractivity (Wildman–Crippen MR) is 43.6 cm³/mol. The van der Waals surface area contributed by atoms with Crippen LogP contribution in [0.2, 0.25) is 0 Å². The maximum absolute atomic E-state index is 2.17. The van der Waals surface area contributed by atoms with E-state index >= 15 is 0 Å². The molecule has 0 saturated heterocycles. The summed E-state index contributed by atoms with van der Waals surface area (Å²) in [7, 11) is 0. The maximum atomic E-state index is 2.17. The van der Waals surface area contributed by atoms with Gasteiger partial charge in [0, 0.05) is 0 Å². The van der Waals surface area contributed by atoms with Gasteiger partial charge in [0.15, 0.2) is 0 Å². The van der Waals surface area contributed by atoms with Gasteiger partial charge in [-0.1, -0.05) is 42.5 Å². The molecule has 0 radical (unpaired) electrons. The van der Waals surface area contributed by atoms with E-state index in [0.717, 1.165) is 0 Å². The zero-order valence-electron chi connectivity index (χ0n) is 5.62. The van der Waals surface area contributed by atoms with Crippen molar-refractivity contribution in [1.82, 2.24) is 0 Å². The van der Waals surface area contributed by atoms with Gasteiger partial charge in [0.1, 0.15) is 0 Å². The summed E-state index contributed by atoms with van der Waals surface area (Å²) in [5.41, 5.74) is 2.60. The van der Waals surface area contributed by atoms with Gasteiger partial charge in [0.05, 0.1) is 0 Å². The molecule has 0 fully saturated rings. The third-order valence-corrected chi connectivity index (χ3v) is 1.60. The van der Waals surface area contributed by atoms with E-state index in [0.29, 0.717) is 0 Å². The average Bonchev–Trinajstić information content (AvgIpc) is 2.29. The molecule has 0 nitrogen and oxygen atoms in total. The second kappa shape index (κ2) is 2.14. The van der Waals surface area contributed by atoms with E-state index in [4.69, 9.17) is 0 Å². The Morgan fingerprint density at radius 1 is 0.900 bits per heavy atom. The van der Waals surface area contributed by atoms with Gasteiger partial charge in [-0.15, -0.1) is 0 Å². The minimum absolute atomic E-state index is 1.29. The van der Waals surface area contributed by atoms with E-state index in [1.54, 1.807) is 0 Å². The van der Waals surface area contributed by atoms with Gasteiger partial charge in [-0.2, -0.15) is 0 Å². The molecule has 0 aromatic rings. The highest BCUT2D eigenvalue weighted by Gasteiger charge is 1.95. The lowest BCUT2D eigenvalue weighted by Crippen LogP contribution is -1.80. The molecule has 0 aromatic heterocycles. The van der Waals surface area contributed by atoms with Crippen molar-refractivity contribution in [2.45, 2.75) is 0 Å². The fourth-order valence-electron chi connectivity index (χ4n) is 0.981. The van der Waals surface area contributed by atoms with Crippen molar-refractivity contribution in [2.24, 2.45) is 0 Å². The molecule has 0 aliphatic heterocycles. The second-order valence-corrected chi connectivity index (χ2v) is 2.39. The van der Waals surface area contributed by atoms with Crippen molar-refractivity contribution in [1.29, 1.82) is 0 Å². The van der Waals surface area contributed by atoms with Crippen LogP contribution in [0.3, 0.4) is 0 Å². The topological polar surface area (TPSA) is 0 Å². The Kier molecular flexibility index (Phi) is 1.17. The molecule has 0 bridgehead atoms. The molecular weight excluding hydrogens is 120 g/mol. The first kappa shape index (κ1) is 5.48. The molecule has 48 valence electrons. The molecule has 2 aliphatic carbocycles. The summed E-state index contributed by atoms with van der Waals surface area (Å²) in [6.45, 7) is 0. The highest BCUT2D eigenvalue weighted by Crippen LogP contribution is 2.15. The first-order chi connectivity index (χ1) is 4.95. The zero-order chi connectivity index (χ0) is 6.81. The number of allylic oxidation sites excluding steroid dienone is 10. The first-order valence-corrected chi connectivity index (χ1v) is 3.40. The molecular formula is C10H8. The van der Waals surface area contributed by atoms with Crippen LogP contribution >= 0.6 is 0 Å². The average molecular weight is 128 g/mol. The summed E-state index contributed by atoms with van der Waals surface area (Å²) in [5.74, 6) is 0. The van der Waals surface area contributed by atoms with Gasteiger partial charge in [-0.3, -0.25) is 0 Å². The van der Waals surface area contributed by atoms with E-state index < -0.39 is 0 Å². The molecule has 0 heterocycles. The van der Waals surface area contributed by atoms with Gasteiger partial charge >= 0.3 is 0 Å². The highest BCUT2D eigenvalue weighted by molar-refractivity contribution is 5.51. The molecule has 0 N–H and O–H groups in total. The Balaban J connectivity index is 2.17. The van der Waals surface area contributed by atoms with Crippen molar-refractivity contribution < 1.29 is 0 Å². The quantitative estimate of drug-likeness (QED) is 0.509.